The second kappa shape index (κ2) is 3.90. The summed E-state index contributed by atoms with van der Waals surface area (Å²) in [6.07, 6.45) is 2.52. The third-order valence-electron chi connectivity index (χ3n) is 1.57. The molecule has 4 heteroatoms. The van der Waals surface area contributed by atoms with Crippen molar-refractivity contribution in [1.29, 1.82) is 0 Å². The molecule has 4 nitrogen and oxygen atoms in total. The van der Waals surface area contributed by atoms with Crippen molar-refractivity contribution in [2.75, 3.05) is 18.5 Å². The molecular weight excluding hydrogens is 154 g/mol. The SMILES string of the molecule is CCCN(C)c1ccnc([O-])n1. The predicted octanol–water partition coefficient (Wildman–Crippen LogP) is 0.396. The van der Waals surface area contributed by atoms with Gasteiger partial charge in [-0.15, -0.1) is 0 Å². The lowest BCUT2D eigenvalue weighted by atomic mass is 10.4. The van der Waals surface area contributed by atoms with Crippen LogP contribution in [-0.2, 0) is 0 Å². The van der Waals surface area contributed by atoms with Gasteiger partial charge in [-0.3, -0.25) is 4.98 Å². The van der Waals surface area contributed by atoms with Crippen LogP contribution in [0.5, 0.6) is 6.01 Å². The topological polar surface area (TPSA) is 52.1 Å². The van der Waals surface area contributed by atoms with Gasteiger partial charge in [-0.05, 0) is 12.5 Å². The number of aromatic nitrogens is 2. The summed E-state index contributed by atoms with van der Waals surface area (Å²) in [6.45, 7) is 2.98. The molecular formula is C8H12N3O-. The average Bonchev–Trinajstić information content (AvgIpc) is 2.05. The highest BCUT2D eigenvalue weighted by Gasteiger charge is 1.98. The molecule has 1 rings (SSSR count). The summed E-state index contributed by atoms with van der Waals surface area (Å²) in [5, 5.41) is 10.8. The molecule has 66 valence electrons. The van der Waals surface area contributed by atoms with Gasteiger partial charge in [0, 0.05) is 19.8 Å². The minimum absolute atomic E-state index is 0.421. The van der Waals surface area contributed by atoms with Crippen LogP contribution in [0, 0.1) is 0 Å². The van der Waals surface area contributed by atoms with Gasteiger partial charge in [0.2, 0.25) is 0 Å². The Hall–Kier alpha value is -1.32. The summed E-state index contributed by atoms with van der Waals surface area (Å²) >= 11 is 0. The van der Waals surface area contributed by atoms with Gasteiger partial charge in [0.15, 0.2) is 0 Å². The van der Waals surface area contributed by atoms with Crippen LogP contribution in [0.2, 0.25) is 0 Å². The van der Waals surface area contributed by atoms with Crippen molar-refractivity contribution >= 4 is 5.82 Å². The Morgan fingerprint density at radius 1 is 1.58 bits per heavy atom. The zero-order chi connectivity index (χ0) is 8.97. The van der Waals surface area contributed by atoms with Crippen molar-refractivity contribution in [2.24, 2.45) is 0 Å². The second-order valence-corrected chi connectivity index (χ2v) is 2.62. The highest BCUT2D eigenvalue weighted by Crippen LogP contribution is 2.08. The highest BCUT2D eigenvalue weighted by atomic mass is 16.3. The van der Waals surface area contributed by atoms with E-state index >= 15 is 0 Å². The van der Waals surface area contributed by atoms with Gasteiger partial charge in [0.25, 0.3) is 0 Å². The third-order valence-corrected chi connectivity index (χ3v) is 1.57. The fourth-order valence-electron chi connectivity index (χ4n) is 0.994. The Kier molecular flexibility index (Phi) is 2.85. The number of anilines is 1. The van der Waals surface area contributed by atoms with E-state index in [2.05, 4.69) is 16.9 Å². The van der Waals surface area contributed by atoms with E-state index in [9.17, 15) is 5.11 Å². The molecule has 0 radical (unpaired) electrons. The molecule has 1 heterocycles. The minimum Gasteiger partial charge on any atom is -0.844 e. The monoisotopic (exact) mass is 166 g/mol. The Morgan fingerprint density at radius 3 is 2.92 bits per heavy atom. The van der Waals surface area contributed by atoms with Gasteiger partial charge in [-0.2, -0.15) is 0 Å². The van der Waals surface area contributed by atoms with Gasteiger partial charge >= 0.3 is 0 Å². The van der Waals surface area contributed by atoms with Gasteiger partial charge in [-0.1, -0.05) is 6.92 Å². The van der Waals surface area contributed by atoms with E-state index in [1.165, 1.54) is 6.20 Å². The van der Waals surface area contributed by atoms with E-state index in [1.54, 1.807) is 6.07 Å². The maximum Gasteiger partial charge on any atom is 0.130 e. The molecule has 0 saturated heterocycles. The van der Waals surface area contributed by atoms with Crippen LogP contribution >= 0.6 is 0 Å². The molecule has 0 aliphatic heterocycles. The van der Waals surface area contributed by atoms with Gasteiger partial charge in [0.1, 0.15) is 5.82 Å². The molecule has 1 aromatic rings. The van der Waals surface area contributed by atoms with Crippen LogP contribution in [0.4, 0.5) is 5.82 Å². The standard InChI is InChI=1S/C8H13N3O/c1-3-6-11(2)7-4-5-9-8(12)10-7/h4-5H,3,6H2,1-2H3,(H,9,10,12)/p-1. The largest absolute Gasteiger partial charge is 0.844 e. The summed E-state index contributed by atoms with van der Waals surface area (Å²) in [6, 6.07) is 1.31. The molecule has 0 unspecified atom stereocenters. The lowest BCUT2D eigenvalue weighted by Crippen LogP contribution is -2.19. The minimum atomic E-state index is -0.421. The number of rotatable bonds is 3. The van der Waals surface area contributed by atoms with E-state index in [0.29, 0.717) is 5.82 Å². The summed E-state index contributed by atoms with van der Waals surface area (Å²) in [5.74, 6) is 0.692. The zero-order valence-electron chi connectivity index (χ0n) is 7.32. The summed E-state index contributed by atoms with van der Waals surface area (Å²) in [7, 11) is 1.91. The van der Waals surface area contributed by atoms with Crippen LogP contribution < -0.4 is 10.0 Å². The Morgan fingerprint density at radius 2 is 2.33 bits per heavy atom. The Labute approximate surface area is 71.9 Å². The molecule has 0 spiro atoms. The van der Waals surface area contributed by atoms with E-state index in [1.807, 2.05) is 11.9 Å². The molecule has 0 atom stereocenters. The van der Waals surface area contributed by atoms with Crippen molar-refractivity contribution in [2.45, 2.75) is 13.3 Å². The van der Waals surface area contributed by atoms with E-state index in [-0.39, 0.29) is 0 Å². The third kappa shape index (κ3) is 2.08. The molecule has 0 aliphatic rings. The average molecular weight is 166 g/mol. The summed E-state index contributed by atoms with van der Waals surface area (Å²) in [4.78, 5) is 9.17. The van der Waals surface area contributed by atoms with Crippen molar-refractivity contribution in [3.63, 3.8) is 0 Å². The van der Waals surface area contributed by atoms with Gasteiger partial charge in [-0.25, -0.2) is 4.98 Å². The van der Waals surface area contributed by atoms with Crippen LogP contribution in [0.1, 0.15) is 13.3 Å². The molecule has 0 saturated carbocycles. The van der Waals surface area contributed by atoms with Crippen LogP contribution in [0.15, 0.2) is 12.3 Å². The fourth-order valence-corrected chi connectivity index (χ4v) is 0.994. The predicted molar refractivity (Wildman–Crippen MR) is 45.0 cm³/mol. The molecule has 0 N–H and O–H groups in total. The highest BCUT2D eigenvalue weighted by molar-refractivity contribution is 5.36. The van der Waals surface area contributed by atoms with Crippen LogP contribution in [0.25, 0.3) is 0 Å². The molecule has 0 fully saturated rings. The van der Waals surface area contributed by atoms with Crippen molar-refractivity contribution in [3.8, 4) is 6.01 Å². The first-order chi connectivity index (χ1) is 5.74. The van der Waals surface area contributed by atoms with E-state index in [0.717, 1.165) is 13.0 Å². The maximum absolute atomic E-state index is 10.8. The van der Waals surface area contributed by atoms with Gasteiger partial charge < -0.3 is 10.0 Å². The zero-order valence-corrected chi connectivity index (χ0v) is 7.32. The van der Waals surface area contributed by atoms with Gasteiger partial charge in [0.05, 0.1) is 6.01 Å². The molecule has 1 aromatic heterocycles. The van der Waals surface area contributed by atoms with E-state index in [4.69, 9.17) is 0 Å². The van der Waals surface area contributed by atoms with Crippen molar-refractivity contribution in [3.05, 3.63) is 12.3 Å². The smallest absolute Gasteiger partial charge is 0.130 e. The lowest BCUT2D eigenvalue weighted by molar-refractivity contribution is -0.281. The van der Waals surface area contributed by atoms with E-state index < -0.39 is 6.01 Å². The first-order valence-electron chi connectivity index (χ1n) is 3.95. The first-order valence-corrected chi connectivity index (χ1v) is 3.95. The number of hydrogen-bond donors (Lipinski definition) is 0. The second-order valence-electron chi connectivity index (χ2n) is 2.62. The maximum atomic E-state index is 10.8. The Bertz CT molecular complexity index is 252. The lowest BCUT2D eigenvalue weighted by Gasteiger charge is -2.17. The molecule has 12 heavy (non-hydrogen) atoms. The normalized spacial score (nSPS) is 9.83. The molecule has 0 aromatic carbocycles. The molecule has 0 bridgehead atoms. The van der Waals surface area contributed by atoms with Crippen molar-refractivity contribution in [1.82, 2.24) is 9.97 Å². The van der Waals surface area contributed by atoms with Crippen LogP contribution in [-0.4, -0.2) is 23.6 Å². The number of hydrogen-bond acceptors (Lipinski definition) is 4. The summed E-state index contributed by atoms with van der Waals surface area (Å²) in [5.41, 5.74) is 0. The quantitative estimate of drug-likeness (QED) is 0.652. The molecule has 0 aliphatic carbocycles. The summed E-state index contributed by atoms with van der Waals surface area (Å²) < 4.78 is 0. The first kappa shape index (κ1) is 8.77. The fraction of sp³-hybridized carbons (Fsp3) is 0.500. The Balaban J connectivity index is 2.73. The van der Waals surface area contributed by atoms with Crippen LogP contribution in [0.3, 0.4) is 0 Å². The molecule has 0 amide bonds. The number of nitrogens with zero attached hydrogens (tertiary/aromatic N) is 3. The van der Waals surface area contributed by atoms with Crippen molar-refractivity contribution < 1.29 is 5.11 Å².